The lowest BCUT2D eigenvalue weighted by molar-refractivity contribution is -0.0157. The number of rotatable bonds is 3. The average molecular weight is 394 g/mol. The molecule has 1 aromatic carbocycles. The summed E-state index contributed by atoms with van der Waals surface area (Å²) in [5.41, 5.74) is 1.11. The summed E-state index contributed by atoms with van der Waals surface area (Å²) >= 11 is 0. The molecule has 9 nitrogen and oxygen atoms in total. The summed E-state index contributed by atoms with van der Waals surface area (Å²) in [6.45, 7) is 1.27. The number of hydrogen-bond acceptors (Lipinski definition) is 6. The van der Waals surface area contributed by atoms with E-state index in [1.165, 1.54) is 0 Å². The maximum Gasteiger partial charge on any atom is 0.322 e. The van der Waals surface area contributed by atoms with Gasteiger partial charge in [0.05, 0.1) is 18.8 Å². The number of pyridine rings is 1. The number of hydrogen-bond donors (Lipinski definition) is 2. The van der Waals surface area contributed by atoms with E-state index in [0.717, 1.165) is 11.1 Å². The third-order valence-corrected chi connectivity index (χ3v) is 4.77. The molecule has 2 N–H and O–H groups in total. The minimum atomic E-state index is -0.323. The summed E-state index contributed by atoms with van der Waals surface area (Å²) in [7, 11) is 3.74. The van der Waals surface area contributed by atoms with Crippen LogP contribution in [0.1, 0.15) is 11.8 Å². The van der Waals surface area contributed by atoms with Crippen LogP contribution in [-0.2, 0) is 4.74 Å². The molecule has 1 aliphatic rings. The molecule has 0 aliphatic carbocycles. The van der Waals surface area contributed by atoms with E-state index in [4.69, 9.17) is 4.74 Å². The summed E-state index contributed by atoms with van der Waals surface area (Å²) in [5, 5.41) is 4.22. The molecule has 3 heterocycles. The minimum Gasteiger partial charge on any atom is -0.368 e. The van der Waals surface area contributed by atoms with Crippen molar-refractivity contribution in [2.45, 2.75) is 6.10 Å². The Hall–Kier alpha value is -3.46. The van der Waals surface area contributed by atoms with Gasteiger partial charge in [-0.2, -0.15) is 0 Å². The van der Waals surface area contributed by atoms with Gasteiger partial charge in [-0.25, -0.2) is 14.8 Å². The van der Waals surface area contributed by atoms with Crippen molar-refractivity contribution in [2.75, 3.05) is 44.0 Å². The number of anilines is 2. The molecular formula is C20H22N6O3. The Morgan fingerprint density at radius 3 is 3.00 bits per heavy atom. The number of benzene rings is 1. The van der Waals surface area contributed by atoms with Crippen molar-refractivity contribution in [3.63, 3.8) is 0 Å². The normalized spacial score (nSPS) is 16.6. The lowest BCUT2D eigenvalue weighted by Crippen LogP contribution is -2.44. The van der Waals surface area contributed by atoms with Gasteiger partial charge in [0.1, 0.15) is 6.10 Å². The van der Waals surface area contributed by atoms with Crippen molar-refractivity contribution in [1.82, 2.24) is 19.9 Å². The molecular weight excluding hydrogens is 372 g/mol. The highest BCUT2D eigenvalue weighted by Crippen LogP contribution is 2.23. The number of nitrogens with one attached hydrogen (secondary N) is 2. The number of carbonyl (C=O) groups excluding carboxylic acids is 1. The summed E-state index contributed by atoms with van der Waals surface area (Å²) < 4.78 is 5.83. The maximum atomic E-state index is 12.8. The Labute approximate surface area is 167 Å². The van der Waals surface area contributed by atoms with Crippen LogP contribution >= 0.6 is 0 Å². The summed E-state index contributed by atoms with van der Waals surface area (Å²) in [5.74, 6) is 0.592. The molecule has 29 heavy (non-hydrogen) atoms. The van der Waals surface area contributed by atoms with Gasteiger partial charge in [0.2, 0.25) is 5.95 Å². The quantitative estimate of drug-likeness (QED) is 0.704. The van der Waals surface area contributed by atoms with Crippen LogP contribution < -0.4 is 15.8 Å². The van der Waals surface area contributed by atoms with E-state index >= 15 is 0 Å². The third-order valence-electron chi connectivity index (χ3n) is 4.77. The highest BCUT2D eigenvalue weighted by atomic mass is 16.5. The number of aromatic nitrogens is 3. The third kappa shape index (κ3) is 4.04. The van der Waals surface area contributed by atoms with E-state index in [0.29, 0.717) is 36.7 Å². The number of ether oxygens (including phenoxy) is 1. The van der Waals surface area contributed by atoms with Crippen molar-refractivity contribution in [1.29, 1.82) is 0 Å². The molecule has 1 fully saturated rings. The maximum absolute atomic E-state index is 12.8. The van der Waals surface area contributed by atoms with Gasteiger partial charge < -0.3 is 24.8 Å². The lowest BCUT2D eigenvalue weighted by Gasteiger charge is -2.32. The summed E-state index contributed by atoms with van der Waals surface area (Å²) in [6, 6.07) is 8.65. The Balaban J connectivity index is 1.48. The van der Waals surface area contributed by atoms with Gasteiger partial charge in [0.25, 0.3) is 5.56 Å². The Kier molecular flexibility index (Phi) is 5.13. The molecule has 150 valence electrons. The number of carbonyl (C=O) groups is 1. The zero-order valence-electron chi connectivity index (χ0n) is 16.3. The van der Waals surface area contributed by atoms with E-state index in [2.05, 4.69) is 20.3 Å². The second-order valence-electron chi connectivity index (χ2n) is 7.02. The number of H-pyrrole nitrogens is 1. The van der Waals surface area contributed by atoms with Gasteiger partial charge in [-0.15, -0.1) is 0 Å². The molecule has 2 aromatic heterocycles. The lowest BCUT2D eigenvalue weighted by atomic mass is 10.1. The zero-order valence-corrected chi connectivity index (χ0v) is 16.3. The molecule has 0 saturated carbocycles. The molecule has 0 radical (unpaired) electrons. The highest BCUT2D eigenvalue weighted by Gasteiger charge is 2.27. The van der Waals surface area contributed by atoms with E-state index in [1.807, 2.05) is 31.1 Å². The summed E-state index contributed by atoms with van der Waals surface area (Å²) in [4.78, 5) is 39.6. The van der Waals surface area contributed by atoms with Gasteiger partial charge in [0, 0.05) is 44.1 Å². The Morgan fingerprint density at radius 2 is 2.17 bits per heavy atom. The van der Waals surface area contributed by atoms with Gasteiger partial charge in [-0.05, 0) is 29.7 Å². The predicted octanol–water partition coefficient (Wildman–Crippen LogP) is 1.99. The Morgan fingerprint density at radius 1 is 1.31 bits per heavy atom. The topological polar surface area (TPSA) is 103 Å². The molecule has 1 saturated heterocycles. The fourth-order valence-electron chi connectivity index (χ4n) is 3.23. The number of aromatic amines is 1. The van der Waals surface area contributed by atoms with E-state index in [9.17, 15) is 9.59 Å². The fourth-order valence-corrected chi connectivity index (χ4v) is 3.23. The van der Waals surface area contributed by atoms with Crippen molar-refractivity contribution < 1.29 is 9.53 Å². The largest absolute Gasteiger partial charge is 0.368 e. The smallest absolute Gasteiger partial charge is 0.322 e. The molecule has 4 rings (SSSR count). The molecule has 1 aliphatic heterocycles. The zero-order chi connectivity index (χ0) is 20.4. The average Bonchev–Trinajstić information content (AvgIpc) is 2.74. The van der Waals surface area contributed by atoms with Gasteiger partial charge in [-0.1, -0.05) is 6.07 Å². The van der Waals surface area contributed by atoms with Crippen molar-refractivity contribution in [3.05, 3.63) is 58.8 Å². The van der Waals surface area contributed by atoms with Crippen LogP contribution in [0.4, 0.5) is 16.4 Å². The first kappa shape index (κ1) is 18.9. The first-order chi connectivity index (χ1) is 14.0. The number of fused-ring (bicyclic) bond motifs is 1. The molecule has 1 atom stereocenters. The van der Waals surface area contributed by atoms with E-state index < -0.39 is 0 Å². The van der Waals surface area contributed by atoms with Gasteiger partial charge in [-0.3, -0.25) is 4.79 Å². The number of morpholine rings is 1. The van der Waals surface area contributed by atoms with Crippen LogP contribution in [0.2, 0.25) is 0 Å². The molecule has 0 bridgehead atoms. The first-order valence-electron chi connectivity index (χ1n) is 9.30. The fraction of sp³-hybridized carbons (Fsp3) is 0.300. The summed E-state index contributed by atoms with van der Waals surface area (Å²) in [6.07, 6.45) is 2.97. The van der Waals surface area contributed by atoms with Crippen LogP contribution in [-0.4, -0.2) is 59.7 Å². The van der Waals surface area contributed by atoms with E-state index in [-0.39, 0.29) is 17.7 Å². The number of amides is 2. The molecule has 2 amide bonds. The monoisotopic (exact) mass is 394 g/mol. The number of urea groups is 1. The van der Waals surface area contributed by atoms with Gasteiger partial charge >= 0.3 is 6.03 Å². The number of nitrogens with zero attached hydrogens (tertiary/aromatic N) is 4. The SMILES string of the molecule is CN(C)c1nccc(C2CN(C(=O)Nc3ccc4cc[nH]c(=O)c4c3)CCO2)n1. The Bertz CT molecular complexity index is 1100. The van der Waals surface area contributed by atoms with Crippen molar-refractivity contribution in [2.24, 2.45) is 0 Å². The van der Waals surface area contributed by atoms with E-state index in [1.54, 1.807) is 35.5 Å². The van der Waals surface area contributed by atoms with Crippen LogP contribution in [0.5, 0.6) is 0 Å². The van der Waals surface area contributed by atoms with Crippen LogP contribution in [0.3, 0.4) is 0 Å². The minimum absolute atomic E-state index is 0.189. The molecule has 3 aromatic rings. The van der Waals surface area contributed by atoms with Crippen LogP contribution in [0.15, 0.2) is 47.5 Å². The van der Waals surface area contributed by atoms with Gasteiger partial charge in [0.15, 0.2) is 0 Å². The molecule has 0 spiro atoms. The van der Waals surface area contributed by atoms with Crippen LogP contribution in [0.25, 0.3) is 10.8 Å². The van der Waals surface area contributed by atoms with Crippen molar-refractivity contribution >= 4 is 28.4 Å². The standard InChI is InChI=1S/C20H22N6O3/c1-25(2)19-22-8-6-16(24-19)17-12-26(9-10-29-17)20(28)23-14-4-3-13-5-7-21-18(27)15(13)11-14/h3-8,11,17H,9-10,12H2,1-2H3,(H,21,27)(H,23,28). The molecule has 1 unspecified atom stereocenters. The molecule has 9 heteroatoms. The van der Waals surface area contributed by atoms with Crippen molar-refractivity contribution in [3.8, 4) is 0 Å². The first-order valence-corrected chi connectivity index (χ1v) is 9.30. The second kappa shape index (κ2) is 7.88. The predicted molar refractivity (Wildman–Crippen MR) is 110 cm³/mol. The second-order valence-corrected chi connectivity index (χ2v) is 7.02. The van der Waals surface area contributed by atoms with Crippen LogP contribution in [0, 0.1) is 0 Å². The highest BCUT2D eigenvalue weighted by molar-refractivity contribution is 5.93.